The minimum Gasteiger partial charge on any atom is -0.310 e. The van der Waals surface area contributed by atoms with E-state index in [9.17, 15) is 4.79 Å². The summed E-state index contributed by atoms with van der Waals surface area (Å²) in [5.74, 6) is 1.09. The summed E-state index contributed by atoms with van der Waals surface area (Å²) >= 11 is 0. The fourth-order valence-corrected chi connectivity index (χ4v) is 2.98. The second kappa shape index (κ2) is 5.88. The van der Waals surface area contributed by atoms with E-state index >= 15 is 0 Å². The molecule has 4 heteroatoms. The first-order valence-electron chi connectivity index (χ1n) is 8.12. The van der Waals surface area contributed by atoms with Crippen molar-refractivity contribution in [3.63, 3.8) is 0 Å². The lowest BCUT2D eigenvalue weighted by molar-refractivity contribution is -0.122. The molecule has 2 heterocycles. The van der Waals surface area contributed by atoms with E-state index < -0.39 is 0 Å². The lowest BCUT2D eigenvalue weighted by atomic mass is 9.85. The number of fused-ring (bicyclic) bond motifs is 1. The quantitative estimate of drug-likeness (QED) is 0.799. The average Bonchev–Trinajstić information content (AvgIpc) is 2.84. The SMILES string of the molecule is O=C(Nc1c(Cc2ccccc2)nc2ccccn12)C1CCC1. The monoisotopic (exact) mass is 305 g/mol. The summed E-state index contributed by atoms with van der Waals surface area (Å²) in [6, 6.07) is 16.1. The summed E-state index contributed by atoms with van der Waals surface area (Å²) < 4.78 is 1.97. The molecule has 4 rings (SSSR count). The molecule has 0 saturated heterocycles. The number of nitrogens with one attached hydrogen (secondary N) is 1. The van der Waals surface area contributed by atoms with Crippen LogP contribution in [-0.2, 0) is 11.2 Å². The Morgan fingerprint density at radius 2 is 1.91 bits per heavy atom. The van der Waals surface area contributed by atoms with Crippen LogP contribution in [0.4, 0.5) is 5.82 Å². The number of carbonyl (C=O) groups excluding carboxylic acids is 1. The Balaban J connectivity index is 1.70. The molecule has 3 aromatic rings. The Labute approximate surface area is 135 Å². The highest BCUT2D eigenvalue weighted by atomic mass is 16.2. The Bertz CT molecular complexity index is 834. The van der Waals surface area contributed by atoms with Crippen LogP contribution < -0.4 is 5.32 Å². The van der Waals surface area contributed by atoms with Crippen molar-refractivity contribution in [3.8, 4) is 0 Å². The summed E-state index contributed by atoms with van der Waals surface area (Å²) in [7, 11) is 0. The van der Waals surface area contributed by atoms with Crippen LogP contribution in [0.5, 0.6) is 0 Å². The molecule has 1 saturated carbocycles. The maximum absolute atomic E-state index is 12.4. The number of imidazole rings is 1. The maximum atomic E-state index is 12.4. The van der Waals surface area contributed by atoms with Crippen LogP contribution in [0.25, 0.3) is 5.65 Å². The van der Waals surface area contributed by atoms with Crippen molar-refractivity contribution in [2.45, 2.75) is 25.7 Å². The molecule has 1 N–H and O–H groups in total. The number of benzene rings is 1. The molecule has 23 heavy (non-hydrogen) atoms. The average molecular weight is 305 g/mol. The van der Waals surface area contributed by atoms with E-state index in [1.165, 1.54) is 5.56 Å². The summed E-state index contributed by atoms with van der Waals surface area (Å²) in [5.41, 5.74) is 2.97. The fourth-order valence-electron chi connectivity index (χ4n) is 2.98. The van der Waals surface area contributed by atoms with Gasteiger partial charge in [0.1, 0.15) is 11.5 Å². The number of rotatable bonds is 4. The van der Waals surface area contributed by atoms with Gasteiger partial charge in [-0.25, -0.2) is 4.98 Å². The zero-order chi connectivity index (χ0) is 15.6. The van der Waals surface area contributed by atoms with Crippen molar-refractivity contribution in [1.29, 1.82) is 0 Å². The van der Waals surface area contributed by atoms with Crippen molar-refractivity contribution >= 4 is 17.4 Å². The molecule has 1 aliphatic rings. The number of nitrogens with zero attached hydrogens (tertiary/aromatic N) is 2. The van der Waals surface area contributed by atoms with Crippen LogP contribution in [-0.4, -0.2) is 15.3 Å². The van der Waals surface area contributed by atoms with Gasteiger partial charge in [-0.3, -0.25) is 9.20 Å². The molecule has 0 bridgehead atoms. The van der Waals surface area contributed by atoms with Crippen molar-refractivity contribution in [1.82, 2.24) is 9.38 Å². The van der Waals surface area contributed by atoms with E-state index in [2.05, 4.69) is 17.4 Å². The summed E-state index contributed by atoms with van der Waals surface area (Å²) in [6.07, 6.45) is 5.81. The van der Waals surface area contributed by atoms with Gasteiger partial charge in [0.25, 0.3) is 0 Å². The van der Waals surface area contributed by atoms with E-state index in [1.807, 2.05) is 47.0 Å². The molecule has 1 aromatic carbocycles. The molecule has 0 atom stereocenters. The number of anilines is 1. The van der Waals surface area contributed by atoms with Crippen LogP contribution in [0.15, 0.2) is 54.7 Å². The Hall–Kier alpha value is -2.62. The van der Waals surface area contributed by atoms with Crippen LogP contribution in [0, 0.1) is 5.92 Å². The predicted molar refractivity (Wildman–Crippen MR) is 90.4 cm³/mol. The molecular formula is C19H19N3O. The number of amides is 1. The summed E-state index contributed by atoms with van der Waals surface area (Å²) in [4.78, 5) is 17.1. The molecular weight excluding hydrogens is 286 g/mol. The zero-order valence-electron chi connectivity index (χ0n) is 12.9. The number of carbonyl (C=O) groups is 1. The van der Waals surface area contributed by atoms with Gasteiger partial charge in [-0.15, -0.1) is 0 Å². The normalized spacial score (nSPS) is 14.6. The van der Waals surface area contributed by atoms with Crippen molar-refractivity contribution < 1.29 is 4.79 Å². The molecule has 116 valence electrons. The lowest BCUT2D eigenvalue weighted by Gasteiger charge is -2.24. The third kappa shape index (κ3) is 2.72. The number of pyridine rings is 1. The van der Waals surface area contributed by atoms with Crippen molar-refractivity contribution in [3.05, 3.63) is 66.0 Å². The van der Waals surface area contributed by atoms with Crippen molar-refractivity contribution in [2.75, 3.05) is 5.32 Å². The molecule has 4 nitrogen and oxygen atoms in total. The standard InChI is InChI=1S/C19H19N3O/c23-19(15-9-6-10-15)21-18-16(13-14-7-2-1-3-8-14)20-17-11-4-5-12-22(17)18/h1-5,7-8,11-12,15H,6,9-10,13H2,(H,21,23). The topological polar surface area (TPSA) is 46.4 Å². The van der Waals surface area contributed by atoms with Crippen LogP contribution in [0.2, 0.25) is 0 Å². The Kier molecular flexibility index (Phi) is 3.58. The highest BCUT2D eigenvalue weighted by molar-refractivity contribution is 5.93. The first kappa shape index (κ1) is 14.0. The van der Waals surface area contributed by atoms with Gasteiger partial charge in [0.2, 0.25) is 5.91 Å². The van der Waals surface area contributed by atoms with Gasteiger partial charge in [-0.2, -0.15) is 0 Å². The van der Waals surface area contributed by atoms with Gasteiger partial charge in [-0.1, -0.05) is 42.8 Å². The van der Waals surface area contributed by atoms with Gasteiger partial charge >= 0.3 is 0 Å². The van der Waals surface area contributed by atoms with Gasteiger partial charge in [-0.05, 0) is 30.5 Å². The van der Waals surface area contributed by atoms with E-state index in [-0.39, 0.29) is 11.8 Å². The second-order valence-electron chi connectivity index (χ2n) is 6.12. The Morgan fingerprint density at radius 1 is 1.13 bits per heavy atom. The van der Waals surface area contributed by atoms with Crippen molar-refractivity contribution in [2.24, 2.45) is 5.92 Å². The van der Waals surface area contributed by atoms with Gasteiger partial charge in [0, 0.05) is 18.5 Å². The lowest BCUT2D eigenvalue weighted by Crippen LogP contribution is -2.28. The molecule has 2 aromatic heterocycles. The molecule has 0 aliphatic heterocycles. The molecule has 1 amide bonds. The van der Waals surface area contributed by atoms with Crippen LogP contribution in [0.1, 0.15) is 30.5 Å². The van der Waals surface area contributed by atoms with Gasteiger partial charge in [0.05, 0.1) is 5.69 Å². The minimum atomic E-state index is 0.121. The molecule has 0 spiro atoms. The van der Waals surface area contributed by atoms with Crippen LogP contribution in [0.3, 0.4) is 0 Å². The number of aromatic nitrogens is 2. The van der Waals surface area contributed by atoms with Crippen LogP contribution >= 0.6 is 0 Å². The summed E-state index contributed by atoms with van der Waals surface area (Å²) in [5, 5.41) is 3.12. The zero-order valence-corrected chi connectivity index (χ0v) is 12.9. The number of hydrogen-bond donors (Lipinski definition) is 1. The third-order valence-corrected chi connectivity index (χ3v) is 4.53. The Morgan fingerprint density at radius 3 is 2.65 bits per heavy atom. The first-order chi connectivity index (χ1) is 11.3. The highest BCUT2D eigenvalue weighted by Gasteiger charge is 2.26. The van der Waals surface area contributed by atoms with E-state index in [4.69, 9.17) is 4.98 Å². The fraction of sp³-hybridized carbons (Fsp3) is 0.263. The molecule has 0 radical (unpaired) electrons. The van der Waals surface area contributed by atoms with Gasteiger partial charge < -0.3 is 5.32 Å². The highest BCUT2D eigenvalue weighted by Crippen LogP contribution is 2.29. The van der Waals surface area contributed by atoms with E-state index in [0.717, 1.165) is 36.4 Å². The van der Waals surface area contributed by atoms with Gasteiger partial charge in [0.15, 0.2) is 0 Å². The second-order valence-corrected chi connectivity index (χ2v) is 6.12. The molecule has 0 unspecified atom stereocenters. The van der Waals surface area contributed by atoms with E-state index in [0.29, 0.717) is 6.42 Å². The molecule has 1 fully saturated rings. The number of hydrogen-bond acceptors (Lipinski definition) is 2. The minimum absolute atomic E-state index is 0.121. The predicted octanol–water partition coefficient (Wildman–Crippen LogP) is 3.66. The smallest absolute Gasteiger partial charge is 0.228 e. The van der Waals surface area contributed by atoms with E-state index in [1.54, 1.807) is 0 Å². The largest absolute Gasteiger partial charge is 0.310 e. The first-order valence-corrected chi connectivity index (χ1v) is 8.12. The third-order valence-electron chi connectivity index (χ3n) is 4.53. The summed E-state index contributed by atoms with van der Waals surface area (Å²) in [6.45, 7) is 0. The maximum Gasteiger partial charge on any atom is 0.228 e. The molecule has 1 aliphatic carbocycles.